The number of carbonyl (C=O) groups is 2. The fourth-order valence-electron chi connectivity index (χ4n) is 1.95. The predicted molar refractivity (Wildman–Crippen MR) is 76.6 cm³/mol. The molecule has 1 N–H and O–H groups in total. The van der Waals surface area contributed by atoms with Crippen molar-refractivity contribution in [1.82, 2.24) is 4.57 Å². The van der Waals surface area contributed by atoms with Crippen molar-refractivity contribution in [1.29, 1.82) is 0 Å². The highest BCUT2D eigenvalue weighted by Crippen LogP contribution is 2.24. The van der Waals surface area contributed by atoms with Crippen LogP contribution in [0.4, 0.5) is 0 Å². The summed E-state index contributed by atoms with van der Waals surface area (Å²) in [5.41, 5.74) is 1.15. The van der Waals surface area contributed by atoms with Crippen molar-refractivity contribution in [3.05, 3.63) is 57.3 Å². The lowest BCUT2D eigenvalue weighted by Gasteiger charge is -2.06. The Bertz CT molecular complexity index is 692. The van der Waals surface area contributed by atoms with Gasteiger partial charge in [0, 0.05) is 23.3 Å². The van der Waals surface area contributed by atoms with Gasteiger partial charge in [0.25, 0.3) is 0 Å². The number of aliphatic carboxylic acids is 1. The Morgan fingerprint density at radius 1 is 1.25 bits per heavy atom. The summed E-state index contributed by atoms with van der Waals surface area (Å²) >= 11 is 11.9. The first-order valence-electron chi connectivity index (χ1n) is 5.76. The van der Waals surface area contributed by atoms with Crippen molar-refractivity contribution < 1.29 is 14.7 Å². The van der Waals surface area contributed by atoms with Gasteiger partial charge in [-0.3, -0.25) is 9.59 Å². The second-order valence-electron chi connectivity index (χ2n) is 4.29. The van der Waals surface area contributed by atoms with Gasteiger partial charge < -0.3 is 9.67 Å². The fourth-order valence-corrected chi connectivity index (χ4v) is 2.43. The monoisotopic (exact) mass is 311 g/mol. The fraction of sp³-hybridized carbons (Fsp3) is 0.143. The van der Waals surface area contributed by atoms with Crippen LogP contribution in [0.25, 0.3) is 0 Å². The smallest absolute Gasteiger partial charge is 0.309 e. The zero-order chi connectivity index (χ0) is 14.9. The zero-order valence-electron chi connectivity index (χ0n) is 10.6. The maximum absolute atomic E-state index is 12.4. The number of benzene rings is 1. The van der Waals surface area contributed by atoms with Gasteiger partial charge in [-0.05, 0) is 18.2 Å². The number of aromatic nitrogens is 1. The van der Waals surface area contributed by atoms with E-state index in [-0.39, 0.29) is 17.2 Å². The number of halogens is 2. The van der Waals surface area contributed by atoms with Crippen LogP contribution < -0.4 is 0 Å². The molecule has 0 unspecified atom stereocenters. The van der Waals surface area contributed by atoms with E-state index in [9.17, 15) is 9.59 Å². The molecule has 6 heteroatoms. The maximum Gasteiger partial charge on any atom is 0.309 e. The highest BCUT2D eigenvalue weighted by molar-refractivity contribution is 6.32. The molecule has 0 amide bonds. The van der Waals surface area contributed by atoms with Gasteiger partial charge in [-0.1, -0.05) is 35.3 Å². The Hall–Kier alpha value is -1.78. The lowest BCUT2D eigenvalue weighted by Crippen LogP contribution is -2.11. The molecular weight excluding hydrogens is 301 g/mol. The Morgan fingerprint density at radius 3 is 2.55 bits per heavy atom. The first kappa shape index (κ1) is 14.6. The molecule has 0 aliphatic carbocycles. The predicted octanol–water partition coefficient (Wildman–Crippen LogP) is 3.19. The van der Waals surface area contributed by atoms with E-state index < -0.39 is 5.97 Å². The molecule has 0 saturated carbocycles. The highest BCUT2D eigenvalue weighted by Gasteiger charge is 2.19. The van der Waals surface area contributed by atoms with Crippen molar-refractivity contribution >= 4 is 35.0 Å². The third-order valence-corrected chi connectivity index (χ3v) is 3.51. The molecule has 4 nitrogen and oxygen atoms in total. The number of rotatable bonds is 4. The van der Waals surface area contributed by atoms with E-state index in [1.54, 1.807) is 31.3 Å². The number of nitrogens with zero attached hydrogens (tertiary/aromatic N) is 1. The van der Waals surface area contributed by atoms with E-state index in [2.05, 4.69) is 0 Å². The van der Waals surface area contributed by atoms with Gasteiger partial charge in [-0.25, -0.2) is 0 Å². The van der Waals surface area contributed by atoms with E-state index in [4.69, 9.17) is 28.3 Å². The van der Waals surface area contributed by atoms with Crippen molar-refractivity contribution in [3.63, 3.8) is 0 Å². The largest absolute Gasteiger partial charge is 0.481 e. The van der Waals surface area contributed by atoms with Crippen LogP contribution in [0.15, 0.2) is 30.3 Å². The summed E-state index contributed by atoms with van der Waals surface area (Å²) in [6.07, 6.45) is -0.238. The van der Waals surface area contributed by atoms with E-state index in [0.29, 0.717) is 22.0 Å². The number of hydrogen-bond donors (Lipinski definition) is 1. The minimum atomic E-state index is -1.00. The van der Waals surface area contributed by atoms with Crippen LogP contribution in [0.1, 0.15) is 21.7 Å². The number of carboxylic acids is 1. The summed E-state index contributed by atoms with van der Waals surface area (Å²) in [5, 5.41) is 9.57. The standard InChI is InChI=1S/C14H11Cl2NO3/c1-17-11(7-13(18)19)10(16)6-12(17)14(20)8-3-2-4-9(15)5-8/h2-6H,7H2,1H3,(H,18,19). The third-order valence-electron chi connectivity index (χ3n) is 2.94. The number of hydrogen-bond acceptors (Lipinski definition) is 2. The molecule has 1 aromatic heterocycles. The lowest BCUT2D eigenvalue weighted by molar-refractivity contribution is -0.136. The second kappa shape index (κ2) is 5.69. The van der Waals surface area contributed by atoms with Gasteiger partial charge in [0.05, 0.1) is 17.1 Å². The normalized spacial score (nSPS) is 10.6. The third kappa shape index (κ3) is 2.86. The quantitative estimate of drug-likeness (QED) is 0.882. The van der Waals surface area contributed by atoms with Crippen molar-refractivity contribution in [2.45, 2.75) is 6.42 Å². The van der Waals surface area contributed by atoms with E-state index >= 15 is 0 Å². The van der Waals surface area contributed by atoms with Crippen molar-refractivity contribution in [2.75, 3.05) is 0 Å². The van der Waals surface area contributed by atoms with Crippen molar-refractivity contribution in [3.8, 4) is 0 Å². The Morgan fingerprint density at radius 2 is 1.95 bits per heavy atom. The molecule has 0 saturated heterocycles. The average molecular weight is 312 g/mol. The van der Waals surface area contributed by atoms with Crippen molar-refractivity contribution in [2.24, 2.45) is 7.05 Å². The molecule has 0 atom stereocenters. The van der Waals surface area contributed by atoms with Gasteiger partial charge in [0.1, 0.15) is 0 Å². The first-order valence-corrected chi connectivity index (χ1v) is 6.52. The Kier molecular flexibility index (Phi) is 4.16. The molecule has 0 fully saturated rings. The molecule has 20 heavy (non-hydrogen) atoms. The van der Waals surface area contributed by atoms with E-state index in [1.807, 2.05) is 0 Å². The molecule has 1 heterocycles. The first-order chi connectivity index (χ1) is 9.40. The highest BCUT2D eigenvalue weighted by atomic mass is 35.5. The molecule has 0 aliphatic rings. The van der Waals surface area contributed by atoms with Crippen LogP contribution >= 0.6 is 23.2 Å². The molecular formula is C14H11Cl2NO3. The molecule has 1 aromatic carbocycles. The van der Waals surface area contributed by atoms with E-state index in [1.165, 1.54) is 10.6 Å². The number of carbonyl (C=O) groups excluding carboxylic acids is 1. The molecule has 0 radical (unpaired) electrons. The number of carboxylic acid groups (broad SMARTS) is 1. The van der Waals surface area contributed by atoms with Gasteiger partial charge in [0.2, 0.25) is 5.78 Å². The minimum Gasteiger partial charge on any atom is -0.481 e. The van der Waals surface area contributed by atoms with Crippen LogP contribution in [0.5, 0.6) is 0 Å². The summed E-state index contributed by atoms with van der Waals surface area (Å²) in [5.74, 6) is -1.26. The van der Waals surface area contributed by atoms with Gasteiger partial charge in [-0.15, -0.1) is 0 Å². The van der Waals surface area contributed by atoms with E-state index in [0.717, 1.165) is 0 Å². The lowest BCUT2D eigenvalue weighted by atomic mass is 10.1. The molecule has 2 aromatic rings. The molecule has 0 aliphatic heterocycles. The number of ketones is 1. The molecule has 0 spiro atoms. The average Bonchev–Trinajstić information content (AvgIpc) is 2.65. The zero-order valence-corrected chi connectivity index (χ0v) is 12.1. The Labute approximate surface area is 125 Å². The van der Waals surface area contributed by atoms with Gasteiger partial charge >= 0.3 is 5.97 Å². The topological polar surface area (TPSA) is 59.3 Å². The van der Waals surface area contributed by atoms with Crippen LogP contribution in [0.3, 0.4) is 0 Å². The summed E-state index contributed by atoms with van der Waals surface area (Å²) in [4.78, 5) is 23.2. The SMILES string of the molecule is Cn1c(C(=O)c2cccc(Cl)c2)cc(Cl)c1CC(=O)O. The van der Waals surface area contributed by atoms with Gasteiger partial charge in [-0.2, -0.15) is 0 Å². The minimum absolute atomic E-state index is 0.238. The second-order valence-corrected chi connectivity index (χ2v) is 5.14. The van der Waals surface area contributed by atoms with Crippen LogP contribution in [0.2, 0.25) is 10.0 Å². The maximum atomic E-state index is 12.4. The summed E-state index contributed by atoms with van der Waals surface area (Å²) < 4.78 is 1.50. The van der Waals surface area contributed by atoms with Crippen LogP contribution in [-0.4, -0.2) is 21.4 Å². The van der Waals surface area contributed by atoms with Crippen LogP contribution in [-0.2, 0) is 18.3 Å². The molecule has 104 valence electrons. The van der Waals surface area contributed by atoms with Gasteiger partial charge in [0.15, 0.2) is 0 Å². The Balaban J connectivity index is 2.43. The summed E-state index contributed by atoms with van der Waals surface area (Å²) in [7, 11) is 1.61. The summed E-state index contributed by atoms with van der Waals surface area (Å²) in [6.45, 7) is 0. The summed E-state index contributed by atoms with van der Waals surface area (Å²) in [6, 6.07) is 8.03. The molecule has 0 bridgehead atoms. The van der Waals surface area contributed by atoms with Crippen LogP contribution in [0, 0.1) is 0 Å². The molecule has 2 rings (SSSR count).